The van der Waals surface area contributed by atoms with E-state index in [2.05, 4.69) is 20.8 Å². The van der Waals surface area contributed by atoms with Crippen LogP contribution in [0.4, 0.5) is 4.39 Å². The number of nitrogens with zero attached hydrogens (tertiary/aromatic N) is 4. The van der Waals surface area contributed by atoms with E-state index in [1.807, 2.05) is 0 Å². The van der Waals surface area contributed by atoms with Crippen molar-refractivity contribution in [1.82, 2.24) is 25.5 Å². The molecule has 0 saturated heterocycles. The second-order valence-electron chi connectivity index (χ2n) is 6.09. The number of nitrogens with one attached hydrogen (secondary N) is 1. The molecule has 9 heteroatoms. The number of hydrogen-bond donors (Lipinski definition) is 2. The highest BCUT2D eigenvalue weighted by Crippen LogP contribution is 2.31. The van der Waals surface area contributed by atoms with Gasteiger partial charge in [0.1, 0.15) is 5.82 Å². The third-order valence-corrected chi connectivity index (χ3v) is 4.26. The van der Waals surface area contributed by atoms with Gasteiger partial charge >= 0.3 is 0 Å². The molecule has 0 fully saturated rings. The van der Waals surface area contributed by atoms with Crippen LogP contribution >= 0.6 is 11.6 Å². The topological polar surface area (TPSA) is 92.9 Å². The second kappa shape index (κ2) is 7.81. The second-order valence-corrected chi connectivity index (χ2v) is 6.49. The van der Waals surface area contributed by atoms with Crippen molar-refractivity contribution >= 4 is 17.5 Å². The van der Waals surface area contributed by atoms with Gasteiger partial charge in [-0.15, -0.1) is 5.10 Å². The van der Waals surface area contributed by atoms with Gasteiger partial charge in [-0.3, -0.25) is 4.79 Å². The zero-order valence-electron chi connectivity index (χ0n) is 14.6. The van der Waals surface area contributed by atoms with Crippen molar-refractivity contribution in [2.24, 2.45) is 0 Å². The number of aliphatic hydroxyl groups excluding tert-OH is 1. The fourth-order valence-corrected chi connectivity index (χ4v) is 2.84. The third-order valence-electron chi connectivity index (χ3n) is 3.94. The normalized spacial score (nSPS) is 12.0. The molecule has 1 heterocycles. The Balaban J connectivity index is 2.14. The molecule has 1 amide bonds. The fourth-order valence-electron chi connectivity index (χ4n) is 2.57. The summed E-state index contributed by atoms with van der Waals surface area (Å²) in [5.41, 5.74) is 2.05. The van der Waals surface area contributed by atoms with Crippen molar-refractivity contribution < 1.29 is 14.3 Å². The molecule has 0 unspecified atom stereocenters. The van der Waals surface area contributed by atoms with Gasteiger partial charge in [-0.2, -0.15) is 4.68 Å². The summed E-state index contributed by atoms with van der Waals surface area (Å²) in [5, 5.41) is 23.5. The summed E-state index contributed by atoms with van der Waals surface area (Å²) in [6.07, 6.45) is 0. The Bertz CT molecular complexity index is 992. The molecule has 3 rings (SSSR count). The zero-order valence-corrected chi connectivity index (χ0v) is 15.4. The number of aryl methyl sites for hydroxylation is 1. The molecule has 2 aromatic carbocycles. The Hall–Kier alpha value is -2.84. The molecule has 3 aromatic rings. The molecule has 0 saturated carbocycles. The highest BCUT2D eigenvalue weighted by Gasteiger charge is 2.16. The van der Waals surface area contributed by atoms with E-state index in [1.54, 1.807) is 38.1 Å². The lowest BCUT2D eigenvalue weighted by molar-refractivity contribution is 0.0922. The van der Waals surface area contributed by atoms with Gasteiger partial charge in [0, 0.05) is 17.2 Å². The van der Waals surface area contributed by atoms with E-state index in [-0.39, 0.29) is 17.5 Å². The molecule has 2 N–H and O–H groups in total. The molecule has 140 valence electrons. The maximum atomic E-state index is 13.4. The van der Waals surface area contributed by atoms with Crippen molar-refractivity contribution in [3.05, 3.63) is 58.6 Å². The number of carbonyl (C=O) groups is 1. The van der Waals surface area contributed by atoms with Crippen LogP contribution < -0.4 is 5.32 Å². The Kier molecular flexibility index (Phi) is 5.48. The van der Waals surface area contributed by atoms with E-state index in [0.29, 0.717) is 28.2 Å². The first-order valence-electron chi connectivity index (χ1n) is 8.16. The smallest absolute Gasteiger partial charge is 0.251 e. The summed E-state index contributed by atoms with van der Waals surface area (Å²) in [5.74, 6) is -0.290. The van der Waals surface area contributed by atoms with Crippen LogP contribution in [0.3, 0.4) is 0 Å². The molecule has 0 bridgehead atoms. The number of carbonyl (C=O) groups excluding carboxylic acids is 1. The number of aromatic nitrogens is 4. The van der Waals surface area contributed by atoms with E-state index in [4.69, 9.17) is 16.7 Å². The molecule has 0 aliphatic rings. The van der Waals surface area contributed by atoms with Gasteiger partial charge in [0.2, 0.25) is 0 Å². The van der Waals surface area contributed by atoms with Gasteiger partial charge in [-0.1, -0.05) is 11.6 Å². The van der Waals surface area contributed by atoms with E-state index in [9.17, 15) is 9.18 Å². The minimum Gasteiger partial charge on any atom is -0.394 e. The first-order valence-corrected chi connectivity index (χ1v) is 8.54. The first-order chi connectivity index (χ1) is 12.9. The van der Waals surface area contributed by atoms with Crippen LogP contribution in [0.5, 0.6) is 0 Å². The van der Waals surface area contributed by atoms with Crippen LogP contribution in [0.25, 0.3) is 16.8 Å². The molecule has 0 aliphatic carbocycles. The van der Waals surface area contributed by atoms with Gasteiger partial charge in [-0.05, 0) is 66.2 Å². The fraction of sp³-hybridized carbons (Fsp3) is 0.222. The van der Waals surface area contributed by atoms with Crippen molar-refractivity contribution in [2.45, 2.75) is 19.9 Å². The van der Waals surface area contributed by atoms with E-state index >= 15 is 0 Å². The van der Waals surface area contributed by atoms with Crippen LogP contribution in [0, 0.1) is 12.7 Å². The molecule has 0 aliphatic heterocycles. The monoisotopic (exact) mass is 389 g/mol. The standard InChI is InChI=1S/C18H17ClFN5O2/c1-10(9-26)21-18(27)13-5-12(16-4-3-14(20)8-17(16)19)6-15(7-13)25-11(2)22-23-24-25/h3-8,10,26H,9H2,1-2H3,(H,21,27)/t10-/m0/s1. The number of amides is 1. The molecule has 0 spiro atoms. The van der Waals surface area contributed by atoms with Crippen molar-refractivity contribution in [2.75, 3.05) is 6.61 Å². The van der Waals surface area contributed by atoms with Gasteiger partial charge in [0.15, 0.2) is 5.82 Å². The number of tetrazole rings is 1. The van der Waals surface area contributed by atoms with Gasteiger partial charge in [0.25, 0.3) is 5.91 Å². The van der Waals surface area contributed by atoms with Crippen LogP contribution in [-0.2, 0) is 0 Å². The SMILES string of the molecule is Cc1nnnn1-c1cc(C(=O)N[C@@H](C)CO)cc(-c2ccc(F)cc2Cl)c1. The van der Waals surface area contributed by atoms with Gasteiger partial charge in [-0.25, -0.2) is 4.39 Å². The highest BCUT2D eigenvalue weighted by molar-refractivity contribution is 6.33. The Labute approximate surface area is 159 Å². The Morgan fingerprint density at radius 3 is 2.74 bits per heavy atom. The van der Waals surface area contributed by atoms with E-state index < -0.39 is 11.9 Å². The maximum Gasteiger partial charge on any atom is 0.251 e. The van der Waals surface area contributed by atoms with Crippen LogP contribution in [0.1, 0.15) is 23.1 Å². The summed E-state index contributed by atoms with van der Waals surface area (Å²) < 4.78 is 14.9. The molecule has 1 atom stereocenters. The van der Waals surface area contributed by atoms with E-state index in [0.717, 1.165) is 0 Å². The summed E-state index contributed by atoms with van der Waals surface area (Å²) in [7, 11) is 0. The van der Waals surface area contributed by atoms with Crippen molar-refractivity contribution in [3.63, 3.8) is 0 Å². The lowest BCUT2D eigenvalue weighted by Gasteiger charge is -2.14. The number of halogens is 2. The Morgan fingerprint density at radius 1 is 1.33 bits per heavy atom. The van der Waals surface area contributed by atoms with Crippen molar-refractivity contribution in [1.29, 1.82) is 0 Å². The van der Waals surface area contributed by atoms with Crippen LogP contribution in [0.15, 0.2) is 36.4 Å². The number of aliphatic hydroxyl groups is 1. The van der Waals surface area contributed by atoms with Gasteiger partial charge in [0.05, 0.1) is 17.3 Å². The van der Waals surface area contributed by atoms with Crippen LogP contribution in [0.2, 0.25) is 5.02 Å². The van der Waals surface area contributed by atoms with Crippen molar-refractivity contribution in [3.8, 4) is 16.8 Å². The third kappa shape index (κ3) is 4.12. The maximum absolute atomic E-state index is 13.4. The van der Waals surface area contributed by atoms with E-state index in [1.165, 1.54) is 16.8 Å². The summed E-state index contributed by atoms with van der Waals surface area (Å²) in [4.78, 5) is 12.6. The minimum absolute atomic E-state index is 0.186. The molecule has 7 nitrogen and oxygen atoms in total. The number of rotatable bonds is 5. The average molecular weight is 390 g/mol. The highest BCUT2D eigenvalue weighted by atomic mass is 35.5. The Morgan fingerprint density at radius 2 is 2.11 bits per heavy atom. The lowest BCUT2D eigenvalue weighted by atomic mass is 10.0. The van der Waals surface area contributed by atoms with Crippen LogP contribution in [-0.4, -0.2) is 43.9 Å². The number of hydrogen-bond acceptors (Lipinski definition) is 5. The molecule has 0 radical (unpaired) electrons. The first kappa shape index (κ1) is 18.9. The minimum atomic E-state index is -0.453. The average Bonchev–Trinajstić information content (AvgIpc) is 3.07. The predicted molar refractivity (Wildman–Crippen MR) is 98.3 cm³/mol. The molecule has 1 aromatic heterocycles. The number of benzene rings is 2. The summed E-state index contributed by atoms with van der Waals surface area (Å²) in [6, 6.07) is 8.67. The summed E-state index contributed by atoms with van der Waals surface area (Å²) >= 11 is 6.19. The predicted octanol–water partition coefficient (Wildman–Crippen LogP) is 2.54. The molecular formula is C18H17ClFN5O2. The summed E-state index contributed by atoms with van der Waals surface area (Å²) in [6.45, 7) is 3.23. The molecular weight excluding hydrogens is 373 g/mol. The molecule has 27 heavy (non-hydrogen) atoms. The lowest BCUT2D eigenvalue weighted by Crippen LogP contribution is -2.35. The quantitative estimate of drug-likeness (QED) is 0.699. The van der Waals surface area contributed by atoms with Gasteiger partial charge < -0.3 is 10.4 Å². The largest absolute Gasteiger partial charge is 0.394 e. The zero-order chi connectivity index (χ0) is 19.6.